The van der Waals surface area contributed by atoms with Crippen LogP contribution in [0.1, 0.15) is 24.2 Å². The average molecular weight is 254 g/mol. The van der Waals surface area contributed by atoms with Crippen molar-refractivity contribution in [3.63, 3.8) is 0 Å². The molecule has 0 fully saturated rings. The molecule has 0 aromatic heterocycles. The molecule has 0 aliphatic carbocycles. The zero-order valence-corrected chi connectivity index (χ0v) is 11.0. The minimum absolute atomic E-state index is 0.210. The van der Waals surface area contributed by atoms with Crippen molar-refractivity contribution in [2.75, 3.05) is 20.8 Å². The van der Waals surface area contributed by atoms with Crippen molar-refractivity contribution >= 4 is 5.97 Å². The summed E-state index contributed by atoms with van der Waals surface area (Å²) < 4.78 is 15.1. The fraction of sp³-hybridized carbons (Fsp3) is 0.462. The van der Waals surface area contributed by atoms with Crippen LogP contribution in [0.3, 0.4) is 0 Å². The van der Waals surface area contributed by atoms with Crippen LogP contribution in [0.25, 0.3) is 0 Å². The van der Waals surface area contributed by atoms with Crippen molar-refractivity contribution in [1.82, 2.24) is 0 Å². The molecule has 1 rings (SSSR count). The molecule has 0 spiro atoms. The maximum Gasteiger partial charge on any atom is 0.339 e. The van der Waals surface area contributed by atoms with Gasteiger partial charge in [0.2, 0.25) is 0 Å². The summed E-state index contributed by atoms with van der Waals surface area (Å²) in [5, 5.41) is 10.0. The van der Waals surface area contributed by atoms with Crippen LogP contribution in [0.5, 0.6) is 11.5 Å². The zero-order valence-electron chi connectivity index (χ0n) is 11.0. The van der Waals surface area contributed by atoms with Gasteiger partial charge in [-0.05, 0) is 25.5 Å². The molecule has 0 saturated carbocycles. The number of methoxy groups -OCH3 is 2. The van der Waals surface area contributed by atoms with Crippen LogP contribution in [0, 0.1) is 6.92 Å². The molecule has 1 aromatic rings. The van der Waals surface area contributed by atoms with Gasteiger partial charge in [-0.25, -0.2) is 4.79 Å². The molecule has 5 heteroatoms. The third-order valence-electron chi connectivity index (χ3n) is 2.59. The second kappa shape index (κ2) is 6.26. The Morgan fingerprint density at radius 1 is 1.33 bits per heavy atom. The molecule has 0 radical (unpaired) electrons. The standard InChI is InChI=1S/C13H18O5/c1-5-18-13(15)11(14)10-8(2)6-7-9(16-3)12(10)17-4/h6-7,11,14H,5H2,1-4H3. The van der Waals surface area contributed by atoms with Crippen LogP contribution >= 0.6 is 0 Å². The van der Waals surface area contributed by atoms with E-state index in [0.717, 1.165) is 5.56 Å². The van der Waals surface area contributed by atoms with E-state index in [1.165, 1.54) is 14.2 Å². The number of aryl methyl sites for hydroxylation is 1. The van der Waals surface area contributed by atoms with Gasteiger partial charge in [-0.15, -0.1) is 0 Å². The van der Waals surface area contributed by atoms with Crippen LogP contribution < -0.4 is 9.47 Å². The highest BCUT2D eigenvalue weighted by Crippen LogP contribution is 2.37. The average Bonchev–Trinajstić information content (AvgIpc) is 2.37. The van der Waals surface area contributed by atoms with Gasteiger partial charge in [-0.3, -0.25) is 0 Å². The minimum atomic E-state index is -1.38. The minimum Gasteiger partial charge on any atom is -0.493 e. The second-order valence-corrected chi connectivity index (χ2v) is 3.69. The third-order valence-corrected chi connectivity index (χ3v) is 2.59. The van der Waals surface area contributed by atoms with E-state index in [1.54, 1.807) is 26.0 Å². The largest absolute Gasteiger partial charge is 0.493 e. The van der Waals surface area contributed by atoms with Crippen LogP contribution in [-0.4, -0.2) is 31.9 Å². The zero-order chi connectivity index (χ0) is 13.7. The molecule has 0 heterocycles. The first-order valence-electron chi connectivity index (χ1n) is 5.63. The monoisotopic (exact) mass is 254 g/mol. The number of esters is 1. The number of benzene rings is 1. The molecule has 0 aliphatic heterocycles. The molecular formula is C13H18O5. The van der Waals surface area contributed by atoms with E-state index in [4.69, 9.17) is 14.2 Å². The maximum absolute atomic E-state index is 11.6. The molecule has 1 aromatic carbocycles. The lowest BCUT2D eigenvalue weighted by Gasteiger charge is -2.18. The molecule has 100 valence electrons. The lowest BCUT2D eigenvalue weighted by atomic mass is 10.0. The molecule has 5 nitrogen and oxygen atoms in total. The van der Waals surface area contributed by atoms with Gasteiger partial charge in [0.25, 0.3) is 0 Å². The summed E-state index contributed by atoms with van der Waals surface area (Å²) in [5.41, 5.74) is 1.10. The Morgan fingerprint density at radius 2 is 2.00 bits per heavy atom. The number of rotatable bonds is 5. The molecular weight excluding hydrogens is 236 g/mol. The smallest absolute Gasteiger partial charge is 0.339 e. The van der Waals surface area contributed by atoms with Crippen molar-refractivity contribution in [1.29, 1.82) is 0 Å². The van der Waals surface area contributed by atoms with Gasteiger partial charge in [0.15, 0.2) is 17.6 Å². The van der Waals surface area contributed by atoms with Crippen molar-refractivity contribution in [2.24, 2.45) is 0 Å². The predicted octanol–water partition coefficient (Wildman–Crippen LogP) is 1.61. The highest BCUT2D eigenvalue weighted by atomic mass is 16.5. The maximum atomic E-state index is 11.6. The summed E-state index contributed by atoms with van der Waals surface area (Å²) in [7, 11) is 2.95. The molecule has 0 amide bonds. The SMILES string of the molecule is CCOC(=O)C(O)c1c(C)ccc(OC)c1OC. The summed E-state index contributed by atoms with van der Waals surface area (Å²) in [5.74, 6) is 0.103. The van der Waals surface area contributed by atoms with E-state index in [-0.39, 0.29) is 6.61 Å². The Balaban J connectivity index is 3.24. The van der Waals surface area contributed by atoms with Gasteiger partial charge in [0.05, 0.1) is 20.8 Å². The summed E-state index contributed by atoms with van der Waals surface area (Å²) in [6.45, 7) is 3.67. The Bertz CT molecular complexity index is 428. The topological polar surface area (TPSA) is 65.0 Å². The first-order valence-corrected chi connectivity index (χ1v) is 5.63. The Labute approximate surface area is 106 Å². The van der Waals surface area contributed by atoms with Crippen LogP contribution in [0.4, 0.5) is 0 Å². The van der Waals surface area contributed by atoms with Crippen LogP contribution in [-0.2, 0) is 9.53 Å². The van der Waals surface area contributed by atoms with Gasteiger partial charge >= 0.3 is 5.97 Å². The Kier molecular flexibility index (Phi) is 4.97. The van der Waals surface area contributed by atoms with Gasteiger partial charge in [0, 0.05) is 5.56 Å². The highest BCUT2D eigenvalue weighted by Gasteiger charge is 2.26. The van der Waals surface area contributed by atoms with Crippen LogP contribution in [0.2, 0.25) is 0 Å². The van der Waals surface area contributed by atoms with Crippen molar-refractivity contribution in [2.45, 2.75) is 20.0 Å². The van der Waals surface area contributed by atoms with Gasteiger partial charge in [-0.1, -0.05) is 6.07 Å². The number of aliphatic hydroxyl groups is 1. The van der Waals surface area contributed by atoms with E-state index in [9.17, 15) is 9.90 Å². The van der Waals surface area contributed by atoms with Gasteiger partial charge in [0.1, 0.15) is 0 Å². The van der Waals surface area contributed by atoms with E-state index in [2.05, 4.69) is 0 Å². The Hall–Kier alpha value is -1.75. The highest BCUT2D eigenvalue weighted by molar-refractivity contribution is 5.78. The normalized spacial score (nSPS) is 11.8. The third kappa shape index (κ3) is 2.73. The lowest BCUT2D eigenvalue weighted by molar-refractivity contribution is -0.153. The first kappa shape index (κ1) is 14.3. The summed E-state index contributed by atoms with van der Waals surface area (Å²) in [4.78, 5) is 11.6. The Morgan fingerprint density at radius 3 is 2.50 bits per heavy atom. The van der Waals surface area contributed by atoms with Crippen molar-refractivity contribution in [3.8, 4) is 11.5 Å². The summed E-state index contributed by atoms with van der Waals surface area (Å²) in [6.07, 6.45) is -1.38. The molecule has 0 aliphatic rings. The van der Waals surface area contributed by atoms with Crippen molar-refractivity contribution in [3.05, 3.63) is 23.3 Å². The quantitative estimate of drug-likeness (QED) is 0.809. The number of hydrogen-bond acceptors (Lipinski definition) is 5. The number of aliphatic hydroxyl groups excluding tert-OH is 1. The van der Waals surface area contributed by atoms with Crippen molar-refractivity contribution < 1.29 is 24.1 Å². The molecule has 0 saturated heterocycles. The van der Waals surface area contributed by atoms with E-state index in [0.29, 0.717) is 17.1 Å². The van der Waals surface area contributed by atoms with Gasteiger partial charge < -0.3 is 19.3 Å². The predicted molar refractivity (Wildman–Crippen MR) is 65.9 cm³/mol. The van der Waals surface area contributed by atoms with Crippen LogP contribution in [0.15, 0.2) is 12.1 Å². The fourth-order valence-electron chi connectivity index (χ4n) is 1.73. The molecule has 1 N–H and O–H groups in total. The number of carbonyl (C=O) groups excluding carboxylic acids is 1. The van der Waals surface area contributed by atoms with E-state index < -0.39 is 12.1 Å². The molecule has 0 bridgehead atoms. The molecule has 18 heavy (non-hydrogen) atoms. The molecule has 1 unspecified atom stereocenters. The lowest BCUT2D eigenvalue weighted by Crippen LogP contribution is -2.17. The number of ether oxygens (including phenoxy) is 3. The summed E-state index contributed by atoms with van der Waals surface area (Å²) >= 11 is 0. The molecule has 1 atom stereocenters. The van der Waals surface area contributed by atoms with E-state index in [1.807, 2.05) is 0 Å². The van der Waals surface area contributed by atoms with Gasteiger partial charge in [-0.2, -0.15) is 0 Å². The fourth-order valence-corrected chi connectivity index (χ4v) is 1.73. The number of carbonyl (C=O) groups is 1. The van der Waals surface area contributed by atoms with E-state index >= 15 is 0 Å². The second-order valence-electron chi connectivity index (χ2n) is 3.69. The summed E-state index contributed by atoms with van der Waals surface area (Å²) in [6, 6.07) is 3.47. The number of hydrogen-bond donors (Lipinski definition) is 1. The first-order chi connectivity index (χ1) is 8.56.